The van der Waals surface area contributed by atoms with E-state index in [0.717, 1.165) is 13.1 Å². The van der Waals surface area contributed by atoms with E-state index in [4.69, 9.17) is 21.1 Å². The largest absolute Gasteiger partial charge is 0.383 e. The zero-order chi connectivity index (χ0) is 18.3. The number of anilines is 1. The van der Waals surface area contributed by atoms with Gasteiger partial charge >= 0.3 is 0 Å². The number of rotatable bonds is 7. The molecular formula is C17H25Cl2N3O4. The number of benzene rings is 1. The Balaban J connectivity index is 0.00000338. The maximum absolute atomic E-state index is 12.6. The monoisotopic (exact) mass is 405 g/mol. The molecule has 1 fully saturated rings. The van der Waals surface area contributed by atoms with E-state index in [9.17, 15) is 9.59 Å². The van der Waals surface area contributed by atoms with Gasteiger partial charge < -0.3 is 25.4 Å². The van der Waals surface area contributed by atoms with Gasteiger partial charge in [-0.2, -0.15) is 0 Å². The maximum Gasteiger partial charge on any atom is 0.256 e. The highest BCUT2D eigenvalue weighted by atomic mass is 35.5. The lowest BCUT2D eigenvalue weighted by Gasteiger charge is -2.34. The number of ether oxygens (including phenoxy) is 2. The smallest absolute Gasteiger partial charge is 0.256 e. The number of carbonyl (C=O) groups excluding carboxylic acids is 2. The van der Waals surface area contributed by atoms with Crippen molar-refractivity contribution >= 4 is 41.5 Å². The summed E-state index contributed by atoms with van der Waals surface area (Å²) in [6.07, 6.45) is 1.20. The molecule has 146 valence electrons. The molecule has 0 radical (unpaired) electrons. The number of piperidine rings is 1. The summed E-state index contributed by atoms with van der Waals surface area (Å²) in [6.45, 7) is 2.27. The SMILES string of the molecule is COCCNC(=O)c1ccc(NC(=O)C2(OC)CCNCC2)cc1Cl.Cl. The highest BCUT2D eigenvalue weighted by molar-refractivity contribution is 6.34. The summed E-state index contributed by atoms with van der Waals surface area (Å²) in [7, 11) is 3.11. The van der Waals surface area contributed by atoms with E-state index in [-0.39, 0.29) is 29.2 Å². The topological polar surface area (TPSA) is 88.7 Å². The van der Waals surface area contributed by atoms with Crippen molar-refractivity contribution < 1.29 is 19.1 Å². The lowest BCUT2D eigenvalue weighted by atomic mass is 9.91. The number of hydrogen-bond acceptors (Lipinski definition) is 5. The predicted molar refractivity (Wildman–Crippen MR) is 103 cm³/mol. The van der Waals surface area contributed by atoms with Gasteiger partial charge in [-0.15, -0.1) is 12.4 Å². The van der Waals surface area contributed by atoms with E-state index in [0.29, 0.717) is 37.2 Å². The van der Waals surface area contributed by atoms with Crippen LogP contribution in [0.15, 0.2) is 18.2 Å². The van der Waals surface area contributed by atoms with Gasteiger partial charge in [0.2, 0.25) is 0 Å². The molecule has 2 rings (SSSR count). The molecule has 0 saturated carbocycles. The Morgan fingerprint density at radius 1 is 1.27 bits per heavy atom. The first-order valence-electron chi connectivity index (χ1n) is 8.16. The third-order valence-corrected chi connectivity index (χ3v) is 4.59. The van der Waals surface area contributed by atoms with Crippen LogP contribution in [-0.4, -0.2) is 57.9 Å². The van der Waals surface area contributed by atoms with Crippen LogP contribution < -0.4 is 16.0 Å². The van der Waals surface area contributed by atoms with Gasteiger partial charge in [0.05, 0.1) is 17.2 Å². The molecule has 0 aromatic heterocycles. The molecule has 3 N–H and O–H groups in total. The van der Waals surface area contributed by atoms with Crippen molar-refractivity contribution in [1.29, 1.82) is 0 Å². The van der Waals surface area contributed by atoms with Crippen molar-refractivity contribution in [1.82, 2.24) is 10.6 Å². The molecule has 1 aliphatic rings. The normalized spacial score (nSPS) is 15.7. The van der Waals surface area contributed by atoms with Crippen molar-refractivity contribution in [3.05, 3.63) is 28.8 Å². The molecule has 0 unspecified atom stereocenters. The first-order chi connectivity index (χ1) is 12.0. The molecule has 0 atom stereocenters. The van der Waals surface area contributed by atoms with Gasteiger partial charge in [-0.3, -0.25) is 9.59 Å². The lowest BCUT2D eigenvalue weighted by molar-refractivity contribution is -0.140. The molecule has 1 aromatic carbocycles. The van der Waals surface area contributed by atoms with E-state index in [1.165, 1.54) is 0 Å². The van der Waals surface area contributed by atoms with Crippen LogP contribution in [0.3, 0.4) is 0 Å². The first-order valence-corrected chi connectivity index (χ1v) is 8.54. The molecule has 26 heavy (non-hydrogen) atoms. The molecule has 1 aliphatic heterocycles. The second kappa shape index (κ2) is 10.7. The third kappa shape index (κ3) is 5.56. The molecule has 1 heterocycles. The second-order valence-electron chi connectivity index (χ2n) is 5.85. The van der Waals surface area contributed by atoms with Gasteiger partial charge in [-0.1, -0.05) is 11.6 Å². The molecule has 0 spiro atoms. The number of nitrogens with one attached hydrogen (secondary N) is 3. The number of carbonyl (C=O) groups is 2. The minimum atomic E-state index is -0.839. The fraction of sp³-hybridized carbons (Fsp3) is 0.529. The molecule has 1 saturated heterocycles. The van der Waals surface area contributed by atoms with Gasteiger partial charge in [0.15, 0.2) is 0 Å². The lowest BCUT2D eigenvalue weighted by Crippen LogP contribution is -2.51. The molecule has 2 amide bonds. The van der Waals surface area contributed by atoms with Crippen LogP contribution in [0.1, 0.15) is 23.2 Å². The van der Waals surface area contributed by atoms with Crippen molar-refractivity contribution in [2.75, 3.05) is 45.8 Å². The van der Waals surface area contributed by atoms with Crippen LogP contribution in [-0.2, 0) is 14.3 Å². The van der Waals surface area contributed by atoms with Gasteiger partial charge in [-0.05, 0) is 44.1 Å². The summed E-state index contributed by atoms with van der Waals surface area (Å²) < 4.78 is 10.4. The predicted octanol–water partition coefficient (Wildman–Crippen LogP) is 1.85. The Kier molecular flexibility index (Phi) is 9.32. The van der Waals surface area contributed by atoms with E-state index in [1.54, 1.807) is 32.4 Å². The summed E-state index contributed by atoms with van der Waals surface area (Å²) in [4.78, 5) is 24.7. The van der Waals surface area contributed by atoms with E-state index >= 15 is 0 Å². The van der Waals surface area contributed by atoms with Crippen molar-refractivity contribution in [2.45, 2.75) is 18.4 Å². The summed E-state index contributed by atoms with van der Waals surface area (Å²) in [5.41, 5.74) is 0.0333. The molecular weight excluding hydrogens is 381 g/mol. The van der Waals surface area contributed by atoms with Crippen LogP contribution in [0, 0.1) is 0 Å². The Morgan fingerprint density at radius 2 is 1.96 bits per heavy atom. The van der Waals surface area contributed by atoms with Crippen LogP contribution in [0.4, 0.5) is 5.69 Å². The van der Waals surface area contributed by atoms with Gasteiger partial charge in [0.25, 0.3) is 11.8 Å². The number of amides is 2. The third-order valence-electron chi connectivity index (χ3n) is 4.28. The number of methoxy groups -OCH3 is 2. The van der Waals surface area contributed by atoms with E-state index in [1.807, 2.05) is 0 Å². The van der Waals surface area contributed by atoms with Gasteiger partial charge in [-0.25, -0.2) is 0 Å². The summed E-state index contributed by atoms with van der Waals surface area (Å²) >= 11 is 6.19. The quantitative estimate of drug-likeness (QED) is 0.602. The summed E-state index contributed by atoms with van der Waals surface area (Å²) in [6, 6.07) is 4.80. The standard InChI is InChI=1S/C17H24ClN3O4.ClH/c1-24-10-9-20-15(22)13-4-3-12(11-14(13)18)21-16(23)17(25-2)5-7-19-8-6-17;/h3-4,11,19H,5-10H2,1-2H3,(H,20,22)(H,21,23);1H. The zero-order valence-electron chi connectivity index (χ0n) is 14.9. The van der Waals surface area contributed by atoms with Crippen LogP contribution >= 0.6 is 24.0 Å². The van der Waals surface area contributed by atoms with Crippen molar-refractivity contribution in [3.63, 3.8) is 0 Å². The molecule has 9 heteroatoms. The Bertz CT molecular complexity index is 622. The highest BCUT2D eigenvalue weighted by Crippen LogP contribution is 2.26. The minimum absolute atomic E-state index is 0. The van der Waals surface area contributed by atoms with Gasteiger partial charge in [0.1, 0.15) is 5.60 Å². The minimum Gasteiger partial charge on any atom is -0.383 e. The Morgan fingerprint density at radius 3 is 2.54 bits per heavy atom. The molecule has 1 aromatic rings. The number of hydrogen-bond donors (Lipinski definition) is 3. The van der Waals surface area contributed by atoms with Crippen LogP contribution in [0.5, 0.6) is 0 Å². The van der Waals surface area contributed by atoms with Crippen LogP contribution in [0.25, 0.3) is 0 Å². The Hall–Kier alpha value is -1.38. The number of halogens is 2. The maximum atomic E-state index is 12.6. The molecule has 7 nitrogen and oxygen atoms in total. The average Bonchev–Trinajstić information content (AvgIpc) is 2.62. The summed E-state index contributed by atoms with van der Waals surface area (Å²) in [5.74, 6) is -0.489. The fourth-order valence-corrected chi connectivity index (χ4v) is 3.00. The summed E-state index contributed by atoms with van der Waals surface area (Å²) in [5, 5.41) is 9.02. The average molecular weight is 406 g/mol. The van der Waals surface area contributed by atoms with Crippen molar-refractivity contribution in [2.24, 2.45) is 0 Å². The second-order valence-corrected chi connectivity index (χ2v) is 6.25. The first kappa shape index (κ1) is 22.7. The van der Waals surface area contributed by atoms with E-state index < -0.39 is 5.60 Å². The zero-order valence-corrected chi connectivity index (χ0v) is 16.5. The molecule has 0 aliphatic carbocycles. The fourth-order valence-electron chi connectivity index (χ4n) is 2.74. The van der Waals surface area contributed by atoms with Crippen molar-refractivity contribution in [3.8, 4) is 0 Å². The van der Waals surface area contributed by atoms with E-state index in [2.05, 4.69) is 16.0 Å². The molecule has 0 bridgehead atoms. The highest BCUT2D eigenvalue weighted by Gasteiger charge is 2.39. The Labute approximate surface area is 164 Å². The van der Waals surface area contributed by atoms with Gasteiger partial charge in [0, 0.05) is 26.5 Å². The van der Waals surface area contributed by atoms with Crippen LogP contribution in [0.2, 0.25) is 5.02 Å².